The summed E-state index contributed by atoms with van der Waals surface area (Å²) in [6.07, 6.45) is 3.60. The first-order valence-electron chi connectivity index (χ1n) is 11.7. The highest BCUT2D eigenvalue weighted by atomic mass is 32.1. The fraction of sp³-hybridized carbons (Fsp3) is 0.346. The van der Waals surface area contributed by atoms with Gasteiger partial charge in [-0.2, -0.15) is 4.98 Å². The second kappa shape index (κ2) is 9.75. The van der Waals surface area contributed by atoms with E-state index in [1.54, 1.807) is 0 Å². The van der Waals surface area contributed by atoms with Crippen LogP contribution in [0.15, 0.2) is 54.6 Å². The lowest BCUT2D eigenvalue weighted by atomic mass is 10.00. The number of nitrogens with zero attached hydrogens (tertiary/aromatic N) is 4. The smallest absolute Gasteiger partial charge is 0.231 e. The molecule has 0 bridgehead atoms. The first-order chi connectivity index (χ1) is 16.1. The van der Waals surface area contributed by atoms with Crippen molar-refractivity contribution in [3.8, 4) is 0 Å². The first-order valence-corrected chi connectivity index (χ1v) is 12.1. The Labute approximate surface area is 201 Å². The van der Waals surface area contributed by atoms with Gasteiger partial charge >= 0.3 is 0 Å². The Kier molecular flexibility index (Phi) is 6.39. The molecule has 3 heterocycles. The normalized spacial score (nSPS) is 15.3. The molecule has 0 unspecified atom stereocenters. The zero-order valence-corrected chi connectivity index (χ0v) is 19.9. The number of hydrogen-bond acceptors (Lipinski definition) is 5. The lowest BCUT2D eigenvalue weighted by Gasteiger charge is -2.30. The molecule has 1 saturated heterocycles. The summed E-state index contributed by atoms with van der Waals surface area (Å²) in [4.78, 5) is 14.0. The Morgan fingerprint density at radius 3 is 2.48 bits per heavy atom. The monoisotopic (exact) mass is 458 g/mol. The van der Waals surface area contributed by atoms with Crippen molar-refractivity contribution < 1.29 is 0 Å². The third-order valence-corrected chi connectivity index (χ3v) is 6.63. The third kappa shape index (κ3) is 5.25. The summed E-state index contributed by atoms with van der Waals surface area (Å²) in [6.45, 7) is 6.79. The van der Waals surface area contributed by atoms with Crippen LogP contribution in [0, 0.1) is 6.92 Å². The van der Waals surface area contributed by atoms with Gasteiger partial charge in [0.25, 0.3) is 0 Å². The molecule has 2 aliphatic rings. The van der Waals surface area contributed by atoms with Gasteiger partial charge in [0.15, 0.2) is 5.11 Å². The van der Waals surface area contributed by atoms with Crippen LogP contribution < -0.4 is 20.4 Å². The van der Waals surface area contributed by atoms with Crippen molar-refractivity contribution in [3.05, 3.63) is 77.0 Å². The number of aryl methyl sites for hydroxylation is 1. The molecule has 0 radical (unpaired) electrons. The molecule has 33 heavy (non-hydrogen) atoms. The Hall–Kier alpha value is -3.19. The number of rotatable bonds is 5. The molecule has 0 amide bonds. The number of nitrogens with one attached hydrogen (secondary N) is 2. The van der Waals surface area contributed by atoms with Crippen LogP contribution in [0.25, 0.3) is 0 Å². The molecular weight excluding hydrogens is 428 g/mol. The SMILES string of the molecule is Cc1cc(N2CCc3ccccc3C2)nc(NC(=S)NCc2ccc(N3CCCC3)cc2)n1. The van der Waals surface area contributed by atoms with E-state index < -0.39 is 0 Å². The van der Waals surface area contributed by atoms with Crippen molar-refractivity contribution in [1.29, 1.82) is 0 Å². The highest BCUT2D eigenvalue weighted by Gasteiger charge is 2.18. The fourth-order valence-corrected chi connectivity index (χ4v) is 4.75. The summed E-state index contributed by atoms with van der Waals surface area (Å²) in [5.41, 5.74) is 6.21. The zero-order chi connectivity index (χ0) is 22.6. The maximum atomic E-state index is 5.52. The number of benzene rings is 2. The van der Waals surface area contributed by atoms with Gasteiger partial charge in [-0.15, -0.1) is 0 Å². The maximum Gasteiger partial charge on any atom is 0.231 e. The van der Waals surface area contributed by atoms with Crippen molar-refractivity contribution >= 4 is 34.8 Å². The number of fused-ring (bicyclic) bond motifs is 1. The quantitative estimate of drug-likeness (QED) is 0.549. The average Bonchev–Trinajstić information content (AvgIpc) is 3.37. The van der Waals surface area contributed by atoms with Gasteiger partial charge in [0.1, 0.15) is 5.82 Å². The van der Waals surface area contributed by atoms with E-state index in [0.29, 0.717) is 17.6 Å². The molecule has 5 rings (SSSR count). The summed E-state index contributed by atoms with van der Waals surface area (Å²) in [6, 6.07) is 19.4. The molecule has 0 spiro atoms. The highest BCUT2D eigenvalue weighted by molar-refractivity contribution is 7.80. The minimum atomic E-state index is 0.527. The van der Waals surface area contributed by atoms with E-state index in [1.807, 2.05) is 13.0 Å². The van der Waals surface area contributed by atoms with Crippen LogP contribution in [0.3, 0.4) is 0 Å². The molecule has 0 atom stereocenters. The minimum absolute atomic E-state index is 0.527. The predicted octanol–water partition coefficient (Wildman–Crippen LogP) is 4.43. The van der Waals surface area contributed by atoms with Crippen LogP contribution in [0.4, 0.5) is 17.5 Å². The van der Waals surface area contributed by atoms with Crippen LogP contribution >= 0.6 is 12.2 Å². The van der Waals surface area contributed by atoms with Gasteiger partial charge < -0.3 is 20.4 Å². The molecular formula is C26H30N6S. The molecule has 7 heteroatoms. The lowest BCUT2D eigenvalue weighted by molar-refractivity contribution is 0.719. The van der Waals surface area contributed by atoms with Crippen LogP contribution in [0.2, 0.25) is 0 Å². The molecule has 6 nitrogen and oxygen atoms in total. The largest absolute Gasteiger partial charge is 0.372 e. The van der Waals surface area contributed by atoms with Crippen molar-refractivity contribution in [2.75, 3.05) is 34.8 Å². The number of anilines is 3. The maximum absolute atomic E-state index is 5.52. The van der Waals surface area contributed by atoms with E-state index in [4.69, 9.17) is 17.2 Å². The fourth-order valence-electron chi connectivity index (χ4n) is 4.59. The topological polar surface area (TPSA) is 56.3 Å². The molecule has 3 aromatic rings. The Morgan fingerprint density at radius 1 is 0.939 bits per heavy atom. The van der Waals surface area contributed by atoms with E-state index in [2.05, 4.69) is 73.9 Å². The van der Waals surface area contributed by atoms with Crippen molar-refractivity contribution in [2.45, 2.75) is 39.3 Å². The summed E-state index contributed by atoms with van der Waals surface area (Å²) in [7, 11) is 0. The van der Waals surface area contributed by atoms with E-state index in [0.717, 1.165) is 44.1 Å². The standard InChI is InChI=1S/C26H30N6S/c1-19-16-24(32-15-12-21-6-2-3-7-22(21)18-32)29-25(28-19)30-26(33)27-17-20-8-10-23(11-9-20)31-13-4-5-14-31/h2-3,6-11,16H,4-5,12-15,17-18H2,1H3,(H2,27,28,29,30,33). The van der Waals surface area contributed by atoms with Crippen molar-refractivity contribution in [1.82, 2.24) is 15.3 Å². The minimum Gasteiger partial charge on any atom is -0.372 e. The molecule has 0 saturated carbocycles. The average molecular weight is 459 g/mol. The first kappa shape index (κ1) is 21.6. The van der Waals surface area contributed by atoms with Crippen molar-refractivity contribution in [3.63, 3.8) is 0 Å². The Balaban J connectivity index is 1.19. The van der Waals surface area contributed by atoms with Gasteiger partial charge in [-0.3, -0.25) is 0 Å². The molecule has 170 valence electrons. The van der Waals surface area contributed by atoms with Gasteiger partial charge in [0, 0.05) is 50.2 Å². The van der Waals surface area contributed by atoms with Crippen LogP contribution in [-0.2, 0) is 19.5 Å². The molecule has 2 N–H and O–H groups in total. The Morgan fingerprint density at radius 2 is 1.70 bits per heavy atom. The van der Waals surface area contributed by atoms with E-state index in [-0.39, 0.29) is 0 Å². The summed E-state index contributed by atoms with van der Waals surface area (Å²) < 4.78 is 0. The van der Waals surface area contributed by atoms with Crippen LogP contribution in [0.5, 0.6) is 0 Å². The molecule has 1 aromatic heterocycles. The van der Waals surface area contributed by atoms with Gasteiger partial charge in [-0.25, -0.2) is 4.98 Å². The molecule has 2 aromatic carbocycles. The molecule has 0 aliphatic carbocycles. The van der Waals surface area contributed by atoms with Crippen LogP contribution in [-0.4, -0.2) is 34.7 Å². The zero-order valence-electron chi connectivity index (χ0n) is 19.1. The molecule has 2 aliphatic heterocycles. The molecule has 1 fully saturated rings. The third-order valence-electron chi connectivity index (χ3n) is 6.38. The van der Waals surface area contributed by atoms with Crippen LogP contribution in [0.1, 0.15) is 35.2 Å². The predicted molar refractivity (Wildman–Crippen MR) is 139 cm³/mol. The second-order valence-corrected chi connectivity index (χ2v) is 9.21. The van der Waals surface area contributed by atoms with E-state index in [9.17, 15) is 0 Å². The van der Waals surface area contributed by atoms with Crippen molar-refractivity contribution in [2.24, 2.45) is 0 Å². The number of thiocarbonyl (C=S) groups is 1. The number of hydrogen-bond donors (Lipinski definition) is 2. The summed E-state index contributed by atoms with van der Waals surface area (Å²) in [5.74, 6) is 1.46. The van der Waals surface area contributed by atoms with Gasteiger partial charge in [0.2, 0.25) is 5.95 Å². The van der Waals surface area contributed by atoms with E-state index in [1.165, 1.54) is 35.2 Å². The lowest BCUT2D eigenvalue weighted by Crippen LogP contribution is -2.32. The second-order valence-electron chi connectivity index (χ2n) is 8.80. The Bertz CT molecular complexity index is 1120. The number of aromatic nitrogens is 2. The van der Waals surface area contributed by atoms with E-state index >= 15 is 0 Å². The van der Waals surface area contributed by atoms with Gasteiger partial charge in [-0.05, 0) is 67.2 Å². The van der Waals surface area contributed by atoms with Gasteiger partial charge in [-0.1, -0.05) is 36.4 Å². The van der Waals surface area contributed by atoms with Gasteiger partial charge in [0.05, 0.1) is 0 Å². The highest BCUT2D eigenvalue weighted by Crippen LogP contribution is 2.24. The summed E-state index contributed by atoms with van der Waals surface area (Å²) in [5, 5.41) is 6.98. The summed E-state index contributed by atoms with van der Waals surface area (Å²) >= 11 is 5.52.